The van der Waals surface area contributed by atoms with Crippen LogP contribution >= 0.6 is 35.1 Å². The minimum Gasteiger partial charge on any atom is -0.335 e. The maximum Gasteiger partial charge on any atom is 0.266 e. The molecule has 1 fully saturated rings. The van der Waals surface area contributed by atoms with Crippen LogP contribution in [0.2, 0.25) is 5.02 Å². The number of halogens is 1. The molecule has 2 aromatic carbocycles. The van der Waals surface area contributed by atoms with E-state index in [2.05, 4.69) is 11.8 Å². The Bertz CT molecular complexity index is 1080. The van der Waals surface area contributed by atoms with Gasteiger partial charge in [0.05, 0.1) is 21.3 Å². The van der Waals surface area contributed by atoms with Gasteiger partial charge in [-0.15, -0.1) is 0 Å². The zero-order valence-corrected chi connectivity index (χ0v) is 19.4. The Kier molecular flexibility index (Phi) is 6.27. The number of aryl methyl sites for hydroxylation is 1. The Morgan fingerprint density at radius 1 is 1.00 bits per heavy atom. The number of thioether (sulfide) groups is 2. The summed E-state index contributed by atoms with van der Waals surface area (Å²) in [7, 11) is 0. The van der Waals surface area contributed by atoms with Crippen LogP contribution in [0.3, 0.4) is 0 Å². The summed E-state index contributed by atoms with van der Waals surface area (Å²) in [5, 5.41) is 2.53. The monoisotopic (exact) mass is 455 g/mol. The van der Waals surface area contributed by atoms with Crippen LogP contribution in [0, 0.1) is 6.92 Å². The number of aliphatic imine (C=N–C) groups is 1. The van der Waals surface area contributed by atoms with Crippen molar-refractivity contribution in [1.29, 1.82) is 0 Å². The quantitative estimate of drug-likeness (QED) is 0.487. The lowest BCUT2D eigenvalue weighted by molar-refractivity contribution is -0.122. The van der Waals surface area contributed by atoms with Gasteiger partial charge in [0.1, 0.15) is 0 Å². The molecule has 2 aliphatic heterocycles. The second-order valence-corrected chi connectivity index (χ2v) is 9.38. The van der Waals surface area contributed by atoms with E-state index in [1.807, 2.05) is 68.5 Å². The van der Waals surface area contributed by atoms with Crippen LogP contribution in [0.1, 0.15) is 19.4 Å². The zero-order valence-electron chi connectivity index (χ0n) is 17.1. The highest BCUT2D eigenvalue weighted by Crippen LogP contribution is 2.47. The third-order valence-corrected chi connectivity index (χ3v) is 7.24. The standard InChI is InChI=1S/C23H22ClN3OS2/c1-4-26-18-14-16(24)8-11-19(18)29-21(26)13-12-20-22(28)27(5-2)23(30-20)25-17-9-6-15(3)7-10-17/h6-14H,4-5H2,1-3H3. The topological polar surface area (TPSA) is 35.9 Å². The van der Waals surface area contributed by atoms with E-state index >= 15 is 0 Å². The van der Waals surface area contributed by atoms with Crippen LogP contribution in [-0.2, 0) is 4.79 Å². The second-order valence-electron chi connectivity index (χ2n) is 6.88. The van der Waals surface area contributed by atoms with E-state index < -0.39 is 0 Å². The first-order valence-corrected chi connectivity index (χ1v) is 11.8. The number of likely N-dealkylation sites (N-methyl/N-ethyl adjacent to an activating group) is 1. The molecule has 2 heterocycles. The SMILES string of the molecule is CCN1C(=O)C(=CC=C2Sc3ccc(Cl)cc3N2CC)SC1=Nc1ccc(C)cc1. The molecule has 2 aromatic rings. The molecule has 0 bridgehead atoms. The second kappa shape index (κ2) is 8.92. The largest absolute Gasteiger partial charge is 0.335 e. The fourth-order valence-electron chi connectivity index (χ4n) is 3.29. The van der Waals surface area contributed by atoms with Gasteiger partial charge in [0, 0.05) is 23.0 Å². The molecule has 1 saturated heterocycles. The molecular weight excluding hydrogens is 434 g/mol. The maximum atomic E-state index is 12.9. The maximum absolute atomic E-state index is 12.9. The highest BCUT2D eigenvalue weighted by Gasteiger charge is 2.32. The Balaban J connectivity index is 1.61. The summed E-state index contributed by atoms with van der Waals surface area (Å²) < 4.78 is 0. The third kappa shape index (κ3) is 4.17. The van der Waals surface area contributed by atoms with Gasteiger partial charge in [-0.1, -0.05) is 41.1 Å². The molecule has 7 heteroatoms. The van der Waals surface area contributed by atoms with Crippen molar-refractivity contribution in [2.45, 2.75) is 25.7 Å². The van der Waals surface area contributed by atoms with E-state index in [4.69, 9.17) is 16.6 Å². The molecule has 0 aromatic heterocycles. The normalized spacial score (nSPS) is 20.1. The Labute approximate surface area is 190 Å². The van der Waals surface area contributed by atoms with Gasteiger partial charge in [0.15, 0.2) is 5.17 Å². The van der Waals surface area contributed by atoms with Crippen molar-refractivity contribution >= 4 is 57.6 Å². The molecule has 0 aliphatic carbocycles. The molecule has 1 amide bonds. The van der Waals surface area contributed by atoms with Gasteiger partial charge in [-0.05, 0) is 75.0 Å². The molecule has 0 atom stereocenters. The van der Waals surface area contributed by atoms with Crippen molar-refractivity contribution < 1.29 is 4.79 Å². The minimum absolute atomic E-state index is 0.00295. The minimum atomic E-state index is -0.00295. The number of rotatable bonds is 4. The number of amides is 1. The van der Waals surface area contributed by atoms with Crippen LogP contribution in [-0.4, -0.2) is 29.1 Å². The first-order valence-electron chi connectivity index (χ1n) is 9.82. The van der Waals surface area contributed by atoms with Crippen molar-refractivity contribution in [2.75, 3.05) is 18.0 Å². The number of hydrogen-bond acceptors (Lipinski definition) is 5. The van der Waals surface area contributed by atoms with Gasteiger partial charge >= 0.3 is 0 Å². The predicted molar refractivity (Wildman–Crippen MR) is 130 cm³/mol. The van der Waals surface area contributed by atoms with Gasteiger partial charge in [0.2, 0.25) is 0 Å². The van der Waals surface area contributed by atoms with Gasteiger partial charge in [-0.2, -0.15) is 0 Å². The average molecular weight is 456 g/mol. The molecule has 154 valence electrons. The molecule has 0 spiro atoms. The van der Waals surface area contributed by atoms with Crippen molar-refractivity contribution in [3.8, 4) is 0 Å². The van der Waals surface area contributed by atoms with Gasteiger partial charge in [-0.3, -0.25) is 9.69 Å². The fraction of sp³-hybridized carbons (Fsp3) is 0.217. The summed E-state index contributed by atoms with van der Waals surface area (Å²) in [4.78, 5) is 23.4. The number of fused-ring (bicyclic) bond motifs is 1. The van der Waals surface area contributed by atoms with Gasteiger partial charge < -0.3 is 4.90 Å². The summed E-state index contributed by atoms with van der Waals surface area (Å²) in [6, 6.07) is 13.9. The number of hydrogen-bond donors (Lipinski definition) is 0. The molecule has 0 unspecified atom stereocenters. The zero-order chi connectivity index (χ0) is 21.3. The summed E-state index contributed by atoms with van der Waals surface area (Å²) >= 11 is 9.30. The first-order chi connectivity index (χ1) is 14.5. The smallest absolute Gasteiger partial charge is 0.266 e. The Morgan fingerprint density at radius 2 is 1.73 bits per heavy atom. The third-order valence-electron chi connectivity index (χ3n) is 4.85. The van der Waals surface area contributed by atoms with Gasteiger partial charge in [0.25, 0.3) is 5.91 Å². The molecule has 0 N–H and O–H groups in total. The average Bonchev–Trinajstić information content (AvgIpc) is 3.23. The fourth-order valence-corrected chi connectivity index (χ4v) is 5.56. The van der Waals surface area contributed by atoms with Crippen LogP contribution in [0.25, 0.3) is 0 Å². The van der Waals surface area contributed by atoms with Crippen molar-refractivity contribution in [1.82, 2.24) is 4.90 Å². The van der Waals surface area contributed by atoms with Crippen molar-refractivity contribution in [3.63, 3.8) is 0 Å². The van der Waals surface area contributed by atoms with Crippen LogP contribution in [0.15, 0.2) is 74.4 Å². The summed E-state index contributed by atoms with van der Waals surface area (Å²) in [6.45, 7) is 7.54. The highest BCUT2D eigenvalue weighted by atomic mass is 35.5. The van der Waals surface area contributed by atoms with E-state index in [9.17, 15) is 4.79 Å². The molecule has 0 saturated carbocycles. The number of carbonyl (C=O) groups is 1. The predicted octanol–water partition coefficient (Wildman–Crippen LogP) is 6.59. The highest BCUT2D eigenvalue weighted by molar-refractivity contribution is 8.18. The number of amidine groups is 1. The van der Waals surface area contributed by atoms with Gasteiger partial charge in [-0.25, -0.2) is 4.99 Å². The molecule has 30 heavy (non-hydrogen) atoms. The number of benzene rings is 2. The van der Waals surface area contributed by atoms with E-state index in [0.717, 1.165) is 33.1 Å². The summed E-state index contributed by atoms with van der Waals surface area (Å²) in [6.07, 6.45) is 3.93. The van der Waals surface area contributed by atoms with Crippen molar-refractivity contribution in [2.24, 2.45) is 4.99 Å². The first kappa shape index (κ1) is 21.1. The van der Waals surface area contributed by atoms with Crippen molar-refractivity contribution in [3.05, 3.63) is 75.1 Å². The Morgan fingerprint density at radius 3 is 2.43 bits per heavy atom. The van der Waals surface area contributed by atoms with E-state index in [0.29, 0.717) is 11.4 Å². The number of nitrogens with zero attached hydrogens (tertiary/aromatic N) is 3. The summed E-state index contributed by atoms with van der Waals surface area (Å²) in [5.41, 5.74) is 3.15. The van der Waals surface area contributed by atoms with E-state index in [1.165, 1.54) is 22.2 Å². The molecular formula is C23H22ClN3OS2. The lowest BCUT2D eigenvalue weighted by Crippen LogP contribution is -2.28. The lowest BCUT2D eigenvalue weighted by atomic mass is 10.2. The van der Waals surface area contributed by atoms with Crippen LogP contribution < -0.4 is 4.90 Å². The van der Waals surface area contributed by atoms with Crippen LogP contribution in [0.4, 0.5) is 11.4 Å². The van der Waals surface area contributed by atoms with Crippen LogP contribution in [0.5, 0.6) is 0 Å². The number of carbonyl (C=O) groups excluding carboxylic acids is 1. The Hall–Kier alpha value is -2.15. The van der Waals surface area contributed by atoms with E-state index in [-0.39, 0.29) is 5.91 Å². The molecule has 4 rings (SSSR count). The summed E-state index contributed by atoms with van der Waals surface area (Å²) in [5.74, 6) is -0.00295. The molecule has 4 nitrogen and oxygen atoms in total. The number of anilines is 1. The van der Waals surface area contributed by atoms with E-state index in [1.54, 1.807) is 16.7 Å². The molecule has 0 radical (unpaired) electrons. The lowest BCUT2D eigenvalue weighted by Gasteiger charge is -2.17. The number of allylic oxidation sites excluding steroid dienone is 2. The molecule has 2 aliphatic rings.